The van der Waals surface area contributed by atoms with Crippen LogP contribution in [0.25, 0.3) is 16.9 Å². The molecule has 11 heteroatoms. The highest BCUT2D eigenvalue weighted by atomic mass is 16.5. The van der Waals surface area contributed by atoms with Gasteiger partial charge in [-0.1, -0.05) is 5.21 Å². The molecule has 1 fully saturated rings. The Bertz CT molecular complexity index is 1530. The molecule has 1 aliphatic heterocycles. The van der Waals surface area contributed by atoms with E-state index in [4.69, 9.17) is 4.74 Å². The minimum absolute atomic E-state index is 0.0457. The van der Waals surface area contributed by atoms with E-state index in [1.54, 1.807) is 18.0 Å². The van der Waals surface area contributed by atoms with Crippen molar-refractivity contribution in [3.05, 3.63) is 65.6 Å². The summed E-state index contributed by atoms with van der Waals surface area (Å²) in [6, 6.07) is 5.93. The van der Waals surface area contributed by atoms with Gasteiger partial charge in [0.2, 0.25) is 0 Å². The van der Waals surface area contributed by atoms with Crippen LogP contribution in [0.1, 0.15) is 54.6 Å². The van der Waals surface area contributed by atoms with Gasteiger partial charge in [0.05, 0.1) is 35.0 Å². The van der Waals surface area contributed by atoms with Crippen LogP contribution in [-0.4, -0.2) is 91.9 Å². The lowest BCUT2D eigenvalue weighted by atomic mass is 10.1. The monoisotopic (exact) mass is 571 g/mol. The summed E-state index contributed by atoms with van der Waals surface area (Å²) >= 11 is 0. The number of piperazine rings is 1. The second-order valence-electron chi connectivity index (χ2n) is 12.0. The normalized spacial score (nSPS) is 14.5. The van der Waals surface area contributed by atoms with Crippen molar-refractivity contribution >= 4 is 11.5 Å². The smallest absolute Gasteiger partial charge is 0.187 e. The number of aromatic nitrogens is 7. The SMILES string of the molecule is COCCCN1CCN(c2cncc(-c3cn(-c4cc(CC(=O)c5cc(C)n(C(C)(C)C)n5)cnc4C)nn3)c2)CC1. The zero-order valence-corrected chi connectivity index (χ0v) is 25.5. The lowest BCUT2D eigenvalue weighted by molar-refractivity contribution is 0.0986. The fourth-order valence-corrected chi connectivity index (χ4v) is 5.37. The summed E-state index contributed by atoms with van der Waals surface area (Å²) in [6.45, 7) is 15.9. The quantitative estimate of drug-likeness (QED) is 0.207. The highest BCUT2D eigenvalue weighted by molar-refractivity contribution is 5.95. The molecule has 5 heterocycles. The van der Waals surface area contributed by atoms with E-state index in [0.29, 0.717) is 5.69 Å². The van der Waals surface area contributed by atoms with Crippen LogP contribution < -0.4 is 4.90 Å². The first-order chi connectivity index (χ1) is 20.1. The number of ether oxygens (including phenoxy) is 1. The molecule has 0 saturated carbocycles. The molecule has 0 atom stereocenters. The Labute approximate surface area is 247 Å². The van der Waals surface area contributed by atoms with E-state index in [0.717, 1.165) is 85.3 Å². The number of carbonyl (C=O) groups excluding carboxylic acids is 1. The molecule has 42 heavy (non-hydrogen) atoms. The Kier molecular flexibility index (Phi) is 8.79. The van der Waals surface area contributed by atoms with Crippen LogP contribution in [0.4, 0.5) is 5.69 Å². The number of Topliss-reactive ketones (excluding diaryl/α,β-unsaturated/α-hetero) is 1. The second kappa shape index (κ2) is 12.5. The zero-order valence-electron chi connectivity index (χ0n) is 25.5. The molecule has 0 bridgehead atoms. The maximum absolute atomic E-state index is 13.1. The third-order valence-electron chi connectivity index (χ3n) is 7.61. The summed E-state index contributed by atoms with van der Waals surface area (Å²) in [6.07, 6.45) is 8.62. The molecule has 4 aromatic heterocycles. The number of aryl methyl sites for hydroxylation is 2. The van der Waals surface area contributed by atoms with E-state index in [-0.39, 0.29) is 17.7 Å². The molecule has 0 amide bonds. The molecular formula is C31H41N9O2. The molecule has 0 spiro atoms. The van der Waals surface area contributed by atoms with Crippen LogP contribution >= 0.6 is 0 Å². The molecule has 222 valence electrons. The Morgan fingerprint density at radius 1 is 1.02 bits per heavy atom. The number of rotatable bonds is 10. The summed E-state index contributed by atoms with van der Waals surface area (Å²) in [5, 5.41) is 13.4. The predicted octanol–water partition coefficient (Wildman–Crippen LogP) is 3.88. The highest BCUT2D eigenvalue weighted by Gasteiger charge is 2.21. The van der Waals surface area contributed by atoms with Gasteiger partial charge in [0.1, 0.15) is 11.4 Å². The number of pyridine rings is 2. The average molecular weight is 572 g/mol. The Balaban J connectivity index is 1.28. The van der Waals surface area contributed by atoms with Crippen molar-refractivity contribution in [3.8, 4) is 16.9 Å². The van der Waals surface area contributed by atoms with Crippen molar-refractivity contribution in [3.63, 3.8) is 0 Å². The van der Waals surface area contributed by atoms with Gasteiger partial charge in [-0.2, -0.15) is 5.10 Å². The number of hydrogen-bond donors (Lipinski definition) is 0. The van der Waals surface area contributed by atoms with E-state index >= 15 is 0 Å². The molecule has 0 aromatic carbocycles. The van der Waals surface area contributed by atoms with E-state index in [1.165, 1.54) is 0 Å². The van der Waals surface area contributed by atoms with Crippen LogP contribution in [0.2, 0.25) is 0 Å². The van der Waals surface area contributed by atoms with E-state index in [1.807, 2.05) is 49.3 Å². The lowest BCUT2D eigenvalue weighted by Gasteiger charge is -2.36. The van der Waals surface area contributed by atoms with Crippen molar-refractivity contribution in [1.82, 2.24) is 39.6 Å². The van der Waals surface area contributed by atoms with Gasteiger partial charge in [-0.25, -0.2) is 4.68 Å². The number of methoxy groups -OCH3 is 1. The minimum atomic E-state index is -0.194. The molecule has 0 unspecified atom stereocenters. The van der Waals surface area contributed by atoms with Crippen LogP contribution in [0.5, 0.6) is 0 Å². The van der Waals surface area contributed by atoms with Gasteiger partial charge in [0.15, 0.2) is 5.78 Å². The van der Waals surface area contributed by atoms with Crippen LogP contribution in [-0.2, 0) is 16.7 Å². The second-order valence-corrected chi connectivity index (χ2v) is 12.0. The largest absolute Gasteiger partial charge is 0.385 e. The Morgan fingerprint density at radius 2 is 1.81 bits per heavy atom. The van der Waals surface area contributed by atoms with Gasteiger partial charge in [-0.3, -0.25) is 24.3 Å². The molecular weight excluding hydrogens is 530 g/mol. The number of carbonyl (C=O) groups is 1. The number of nitrogens with zero attached hydrogens (tertiary/aromatic N) is 9. The first-order valence-corrected chi connectivity index (χ1v) is 14.5. The van der Waals surface area contributed by atoms with E-state index in [2.05, 4.69) is 62.0 Å². The van der Waals surface area contributed by atoms with Crippen LogP contribution in [0.3, 0.4) is 0 Å². The van der Waals surface area contributed by atoms with Crippen molar-refractivity contribution in [2.45, 2.75) is 53.0 Å². The molecule has 0 aliphatic carbocycles. The molecule has 0 N–H and O–H groups in total. The third kappa shape index (κ3) is 6.74. The van der Waals surface area contributed by atoms with Crippen molar-refractivity contribution < 1.29 is 9.53 Å². The van der Waals surface area contributed by atoms with E-state index in [9.17, 15) is 4.79 Å². The molecule has 4 aromatic rings. The van der Waals surface area contributed by atoms with Crippen LogP contribution in [0, 0.1) is 13.8 Å². The molecule has 1 saturated heterocycles. The Morgan fingerprint density at radius 3 is 2.52 bits per heavy atom. The van der Waals surface area contributed by atoms with Gasteiger partial charge in [0, 0.05) is 76.5 Å². The predicted molar refractivity (Wildman–Crippen MR) is 162 cm³/mol. The van der Waals surface area contributed by atoms with Crippen LogP contribution in [0.15, 0.2) is 43.0 Å². The molecule has 0 radical (unpaired) electrons. The highest BCUT2D eigenvalue weighted by Crippen LogP contribution is 2.25. The summed E-state index contributed by atoms with van der Waals surface area (Å²) in [4.78, 5) is 27.0. The standard InChI is InChI=1S/C31H41N9O2/c1-22-14-27(35-40(22)31(3,4)5)30(41)16-24-15-29(23(2)33-18-24)39-21-28(34-36-39)25-17-26(20-32-19-25)38-11-9-37(10-12-38)8-7-13-42-6/h14-15,17-21H,7-13,16H2,1-6H3. The number of ketones is 1. The lowest BCUT2D eigenvalue weighted by Crippen LogP contribution is -2.46. The van der Waals surface area contributed by atoms with Gasteiger partial charge >= 0.3 is 0 Å². The maximum Gasteiger partial charge on any atom is 0.187 e. The van der Waals surface area contributed by atoms with Gasteiger partial charge < -0.3 is 9.64 Å². The maximum atomic E-state index is 13.1. The number of hydrogen-bond acceptors (Lipinski definition) is 9. The molecule has 1 aliphatic rings. The van der Waals surface area contributed by atoms with Gasteiger partial charge in [0.25, 0.3) is 0 Å². The summed E-state index contributed by atoms with van der Waals surface area (Å²) in [5.41, 5.74) is 6.33. The summed E-state index contributed by atoms with van der Waals surface area (Å²) < 4.78 is 8.80. The fraction of sp³-hybridized carbons (Fsp3) is 0.484. The van der Waals surface area contributed by atoms with Crippen molar-refractivity contribution in [2.75, 3.05) is 51.3 Å². The average Bonchev–Trinajstić information content (AvgIpc) is 3.62. The van der Waals surface area contributed by atoms with Crippen molar-refractivity contribution in [1.29, 1.82) is 0 Å². The fourth-order valence-electron chi connectivity index (χ4n) is 5.37. The first-order valence-electron chi connectivity index (χ1n) is 14.5. The minimum Gasteiger partial charge on any atom is -0.385 e. The zero-order chi connectivity index (χ0) is 29.9. The third-order valence-corrected chi connectivity index (χ3v) is 7.61. The van der Waals surface area contributed by atoms with Gasteiger partial charge in [-0.15, -0.1) is 5.10 Å². The van der Waals surface area contributed by atoms with E-state index < -0.39 is 0 Å². The molecule has 5 rings (SSSR count). The number of anilines is 1. The topological polar surface area (TPSA) is 107 Å². The first kappa shape index (κ1) is 29.5. The molecule has 11 nitrogen and oxygen atoms in total. The van der Waals surface area contributed by atoms with Crippen molar-refractivity contribution in [2.24, 2.45) is 0 Å². The summed E-state index contributed by atoms with van der Waals surface area (Å²) in [7, 11) is 1.75. The summed E-state index contributed by atoms with van der Waals surface area (Å²) in [5.74, 6) is -0.0457. The Hall–Kier alpha value is -3.96. The van der Waals surface area contributed by atoms with Gasteiger partial charge in [-0.05, 0) is 64.8 Å².